The van der Waals surface area contributed by atoms with Crippen LogP contribution in [0.4, 0.5) is 0 Å². The number of carbonyl (C=O) groups excluding carboxylic acids is 1. The number of hydrogen-bond acceptors (Lipinski definition) is 3. The molecule has 0 heterocycles. The van der Waals surface area contributed by atoms with Crippen molar-refractivity contribution in [1.29, 1.82) is 0 Å². The number of aryl methyl sites for hydroxylation is 2. The number of esters is 1. The van der Waals surface area contributed by atoms with E-state index in [0.717, 1.165) is 22.0 Å². The van der Waals surface area contributed by atoms with Crippen molar-refractivity contribution in [3.63, 3.8) is 0 Å². The molecule has 0 amide bonds. The quantitative estimate of drug-likeness (QED) is 0.549. The van der Waals surface area contributed by atoms with Crippen molar-refractivity contribution < 1.29 is 14.3 Å². The van der Waals surface area contributed by atoms with Crippen LogP contribution < -0.4 is 9.47 Å². The fourth-order valence-corrected chi connectivity index (χ4v) is 2.43. The molecule has 2 aromatic carbocycles. The average Bonchev–Trinajstić information content (AvgIpc) is 2.48. The molecule has 0 N–H and O–H groups in total. The molecule has 3 nitrogen and oxygen atoms in total. The minimum atomic E-state index is -0.417. The lowest BCUT2D eigenvalue weighted by Crippen LogP contribution is -2.12. The molecule has 4 heteroatoms. The van der Waals surface area contributed by atoms with Crippen molar-refractivity contribution in [1.82, 2.24) is 0 Å². The molecule has 0 aliphatic rings. The van der Waals surface area contributed by atoms with Gasteiger partial charge in [0, 0.05) is 4.47 Å². The smallest absolute Gasteiger partial charge is 0.347 e. The van der Waals surface area contributed by atoms with E-state index < -0.39 is 5.97 Å². The highest BCUT2D eigenvalue weighted by atomic mass is 79.9. The minimum Gasteiger partial charge on any atom is -0.493 e. The van der Waals surface area contributed by atoms with Gasteiger partial charge in [0.1, 0.15) is 17.1 Å². The normalized spacial score (nSPS) is 10.4. The third kappa shape index (κ3) is 4.10. The molecular weight excluding hydrogens is 344 g/mol. The first-order valence-corrected chi connectivity index (χ1v) is 8.02. The van der Waals surface area contributed by atoms with Gasteiger partial charge in [-0.25, -0.2) is 4.79 Å². The Morgan fingerprint density at radius 1 is 1.09 bits per heavy atom. The second kappa shape index (κ2) is 7.45. The summed E-state index contributed by atoms with van der Waals surface area (Å²) in [6.07, 6.45) is 0.877. The van der Waals surface area contributed by atoms with Gasteiger partial charge in [0.15, 0.2) is 0 Å². The predicted octanol–water partition coefficient (Wildman–Crippen LogP) is 5.07. The van der Waals surface area contributed by atoms with E-state index in [0.29, 0.717) is 23.7 Å². The Morgan fingerprint density at radius 3 is 2.50 bits per heavy atom. The fourth-order valence-electron chi connectivity index (χ4n) is 2.07. The molecule has 0 bridgehead atoms. The topological polar surface area (TPSA) is 35.5 Å². The number of rotatable bonds is 5. The van der Waals surface area contributed by atoms with E-state index in [4.69, 9.17) is 9.47 Å². The predicted molar refractivity (Wildman–Crippen MR) is 90.8 cm³/mol. The van der Waals surface area contributed by atoms with Gasteiger partial charge >= 0.3 is 5.97 Å². The standard InChI is InChI=1S/C18H19BrO3/c1-4-9-21-17-8-6-14(19)11-15(17)18(20)22-16-7-5-12(2)10-13(16)3/h5-8,10-11H,4,9H2,1-3H3. The fraction of sp³-hybridized carbons (Fsp3) is 0.278. The summed E-state index contributed by atoms with van der Waals surface area (Å²) in [7, 11) is 0. The Balaban J connectivity index is 2.26. The van der Waals surface area contributed by atoms with Crippen LogP contribution in [-0.2, 0) is 0 Å². The summed E-state index contributed by atoms with van der Waals surface area (Å²) >= 11 is 3.38. The number of benzene rings is 2. The second-order valence-corrected chi connectivity index (χ2v) is 6.06. The molecule has 0 atom stereocenters. The van der Waals surface area contributed by atoms with Crippen molar-refractivity contribution >= 4 is 21.9 Å². The van der Waals surface area contributed by atoms with Crippen molar-refractivity contribution in [3.8, 4) is 11.5 Å². The average molecular weight is 363 g/mol. The van der Waals surface area contributed by atoms with Crippen LogP contribution in [0.15, 0.2) is 40.9 Å². The highest BCUT2D eigenvalue weighted by Crippen LogP contribution is 2.26. The Labute approximate surface area is 139 Å². The summed E-state index contributed by atoms with van der Waals surface area (Å²) in [6.45, 7) is 6.51. The van der Waals surface area contributed by atoms with Gasteiger partial charge in [-0.1, -0.05) is 40.5 Å². The Bertz CT molecular complexity index is 680. The zero-order valence-corrected chi connectivity index (χ0v) is 14.6. The lowest BCUT2D eigenvalue weighted by molar-refractivity contribution is 0.0729. The number of carbonyl (C=O) groups is 1. The lowest BCUT2D eigenvalue weighted by Gasteiger charge is -2.12. The maximum Gasteiger partial charge on any atom is 0.347 e. The largest absolute Gasteiger partial charge is 0.493 e. The first kappa shape index (κ1) is 16.6. The Hall–Kier alpha value is -1.81. The molecule has 0 aliphatic heterocycles. The Morgan fingerprint density at radius 2 is 1.82 bits per heavy atom. The van der Waals surface area contributed by atoms with E-state index in [1.54, 1.807) is 12.1 Å². The highest BCUT2D eigenvalue weighted by Gasteiger charge is 2.16. The summed E-state index contributed by atoms with van der Waals surface area (Å²) in [5, 5.41) is 0. The van der Waals surface area contributed by atoms with Crippen molar-refractivity contribution in [3.05, 3.63) is 57.6 Å². The van der Waals surface area contributed by atoms with Crippen LogP contribution >= 0.6 is 15.9 Å². The molecule has 0 aromatic heterocycles. The maximum absolute atomic E-state index is 12.5. The van der Waals surface area contributed by atoms with Gasteiger partial charge in [-0.2, -0.15) is 0 Å². The van der Waals surface area contributed by atoms with Crippen LogP contribution in [0.1, 0.15) is 34.8 Å². The number of halogens is 1. The van der Waals surface area contributed by atoms with Crippen LogP contribution in [0, 0.1) is 13.8 Å². The van der Waals surface area contributed by atoms with Gasteiger partial charge in [0.2, 0.25) is 0 Å². The summed E-state index contributed by atoms with van der Waals surface area (Å²) in [5.41, 5.74) is 2.48. The monoisotopic (exact) mass is 362 g/mol. The molecule has 0 radical (unpaired) electrons. The van der Waals surface area contributed by atoms with E-state index in [1.807, 2.05) is 45.0 Å². The zero-order valence-electron chi connectivity index (χ0n) is 13.0. The molecule has 22 heavy (non-hydrogen) atoms. The number of ether oxygens (including phenoxy) is 2. The lowest BCUT2D eigenvalue weighted by atomic mass is 10.1. The van der Waals surface area contributed by atoms with Crippen molar-refractivity contribution in [2.45, 2.75) is 27.2 Å². The van der Waals surface area contributed by atoms with E-state index in [1.165, 1.54) is 0 Å². The highest BCUT2D eigenvalue weighted by molar-refractivity contribution is 9.10. The van der Waals surface area contributed by atoms with E-state index in [2.05, 4.69) is 15.9 Å². The zero-order chi connectivity index (χ0) is 16.1. The van der Waals surface area contributed by atoms with Gasteiger partial charge in [-0.3, -0.25) is 0 Å². The van der Waals surface area contributed by atoms with Gasteiger partial charge in [-0.15, -0.1) is 0 Å². The Kier molecular flexibility index (Phi) is 5.61. The molecule has 0 aliphatic carbocycles. The first-order chi connectivity index (χ1) is 10.5. The van der Waals surface area contributed by atoms with Gasteiger partial charge < -0.3 is 9.47 Å². The molecular formula is C18H19BrO3. The van der Waals surface area contributed by atoms with Crippen LogP contribution in [0.2, 0.25) is 0 Å². The molecule has 2 aromatic rings. The SMILES string of the molecule is CCCOc1ccc(Br)cc1C(=O)Oc1ccc(C)cc1C. The third-order valence-electron chi connectivity index (χ3n) is 3.16. The third-order valence-corrected chi connectivity index (χ3v) is 3.65. The molecule has 0 unspecified atom stereocenters. The molecule has 0 fully saturated rings. The van der Waals surface area contributed by atoms with Crippen LogP contribution in [0.3, 0.4) is 0 Å². The number of hydrogen-bond donors (Lipinski definition) is 0. The van der Waals surface area contributed by atoms with Crippen LogP contribution in [0.5, 0.6) is 11.5 Å². The summed E-state index contributed by atoms with van der Waals surface area (Å²) < 4.78 is 12.0. The first-order valence-electron chi connectivity index (χ1n) is 7.23. The van der Waals surface area contributed by atoms with E-state index in [9.17, 15) is 4.79 Å². The van der Waals surface area contributed by atoms with Crippen molar-refractivity contribution in [2.75, 3.05) is 6.61 Å². The minimum absolute atomic E-state index is 0.417. The van der Waals surface area contributed by atoms with Gasteiger partial charge in [0.25, 0.3) is 0 Å². The van der Waals surface area contributed by atoms with Crippen LogP contribution in [0.25, 0.3) is 0 Å². The summed E-state index contributed by atoms with van der Waals surface area (Å²) in [6, 6.07) is 11.1. The van der Waals surface area contributed by atoms with E-state index >= 15 is 0 Å². The molecule has 116 valence electrons. The van der Waals surface area contributed by atoms with Crippen molar-refractivity contribution in [2.24, 2.45) is 0 Å². The van der Waals surface area contributed by atoms with Crippen LogP contribution in [-0.4, -0.2) is 12.6 Å². The van der Waals surface area contributed by atoms with E-state index in [-0.39, 0.29) is 0 Å². The molecule has 0 saturated heterocycles. The van der Waals surface area contributed by atoms with Gasteiger partial charge in [-0.05, 0) is 50.1 Å². The molecule has 0 spiro atoms. The van der Waals surface area contributed by atoms with Gasteiger partial charge in [0.05, 0.1) is 6.61 Å². The molecule has 0 saturated carbocycles. The second-order valence-electron chi connectivity index (χ2n) is 5.15. The summed E-state index contributed by atoms with van der Waals surface area (Å²) in [4.78, 5) is 12.5. The molecule has 2 rings (SSSR count). The maximum atomic E-state index is 12.5. The summed E-state index contributed by atoms with van der Waals surface area (Å²) in [5.74, 6) is 0.691.